The molecular formula is C24H28O7. The summed E-state index contributed by atoms with van der Waals surface area (Å²) >= 11 is 0. The van der Waals surface area contributed by atoms with Gasteiger partial charge in [-0.3, -0.25) is 4.79 Å². The van der Waals surface area contributed by atoms with Crippen molar-refractivity contribution >= 4 is 22.9 Å². The Morgan fingerprint density at radius 3 is 2.52 bits per heavy atom. The number of benzene rings is 1. The van der Waals surface area contributed by atoms with Gasteiger partial charge < -0.3 is 18.6 Å². The minimum absolute atomic E-state index is 0.242. The maximum Gasteiger partial charge on any atom is 0.336 e. The lowest BCUT2D eigenvalue weighted by molar-refractivity contribution is -0.189. The zero-order valence-electron chi connectivity index (χ0n) is 18.7. The molecule has 1 aromatic carbocycles. The molecule has 0 saturated heterocycles. The van der Waals surface area contributed by atoms with Crippen LogP contribution in [0.5, 0.6) is 5.75 Å². The number of hydrogen-bond acceptors (Lipinski definition) is 7. The molecule has 1 aromatic heterocycles. The molecule has 7 heteroatoms. The van der Waals surface area contributed by atoms with Gasteiger partial charge in [0.2, 0.25) is 0 Å². The zero-order chi connectivity index (χ0) is 22.9. The molecule has 0 amide bonds. The molecule has 31 heavy (non-hydrogen) atoms. The summed E-state index contributed by atoms with van der Waals surface area (Å²) in [6, 6.07) is 6.44. The maximum absolute atomic E-state index is 12.8. The van der Waals surface area contributed by atoms with Crippen LogP contribution in [-0.2, 0) is 19.1 Å². The highest BCUT2D eigenvalue weighted by molar-refractivity contribution is 5.88. The second-order valence-corrected chi connectivity index (χ2v) is 8.32. The average Bonchev–Trinajstić information content (AvgIpc) is 2.73. The first kappa shape index (κ1) is 22.6. The Labute approximate surface area is 181 Å². The molecule has 3 atom stereocenters. The minimum Gasteiger partial charge on any atom is -0.483 e. The molecular weight excluding hydrogens is 400 g/mol. The van der Waals surface area contributed by atoms with Crippen LogP contribution in [0.15, 0.2) is 45.1 Å². The predicted octanol–water partition coefficient (Wildman–Crippen LogP) is 4.47. The summed E-state index contributed by atoms with van der Waals surface area (Å²) in [6.07, 6.45) is 0.252. The van der Waals surface area contributed by atoms with Crippen molar-refractivity contribution in [3.63, 3.8) is 0 Å². The summed E-state index contributed by atoms with van der Waals surface area (Å²) in [5, 5.41) is 0.640. The molecule has 2 heterocycles. The topological polar surface area (TPSA) is 92.0 Å². The van der Waals surface area contributed by atoms with Crippen molar-refractivity contribution in [3.8, 4) is 5.75 Å². The molecule has 1 unspecified atom stereocenters. The first-order chi connectivity index (χ1) is 14.6. The monoisotopic (exact) mass is 428 g/mol. The van der Waals surface area contributed by atoms with Gasteiger partial charge in [-0.2, -0.15) is 0 Å². The summed E-state index contributed by atoms with van der Waals surface area (Å²) in [5.41, 5.74) is -0.526. The number of hydrogen-bond donors (Lipinski definition) is 0. The van der Waals surface area contributed by atoms with Crippen LogP contribution >= 0.6 is 0 Å². The summed E-state index contributed by atoms with van der Waals surface area (Å²) in [5.74, 6) is -0.928. The fraction of sp³-hybridized carbons (Fsp3) is 0.458. The molecule has 0 fully saturated rings. The van der Waals surface area contributed by atoms with Gasteiger partial charge in [0.25, 0.3) is 0 Å². The van der Waals surface area contributed by atoms with Gasteiger partial charge in [-0.25, -0.2) is 9.59 Å². The number of fused-ring (bicyclic) bond motifs is 3. The van der Waals surface area contributed by atoms with Gasteiger partial charge >= 0.3 is 17.6 Å². The highest BCUT2D eigenvalue weighted by Gasteiger charge is 2.50. The normalized spacial score (nSPS) is 21.0. The predicted molar refractivity (Wildman–Crippen MR) is 115 cm³/mol. The van der Waals surface area contributed by atoms with Crippen molar-refractivity contribution in [2.24, 2.45) is 5.92 Å². The van der Waals surface area contributed by atoms with E-state index in [0.717, 1.165) is 0 Å². The van der Waals surface area contributed by atoms with E-state index in [9.17, 15) is 14.4 Å². The van der Waals surface area contributed by atoms with Gasteiger partial charge in [0.15, 0.2) is 12.2 Å². The van der Waals surface area contributed by atoms with Crippen molar-refractivity contribution in [3.05, 3.63) is 51.9 Å². The van der Waals surface area contributed by atoms with Gasteiger partial charge in [-0.15, -0.1) is 0 Å². The van der Waals surface area contributed by atoms with Crippen molar-refractivity contribution in [2.75, 3.05) is 0 Å². The van der Waals surface area contributed by atoms with Gasteiger partial charge in [-0.1, -0.05) is 19.9 Å². The Kier molecular flexibility index (Phi) is 6.25. The van der Waals surface area contributed by atoms with E-state index >= 15 is 0 Å². The lowest BCUT2D eigenvalue weighted by Gasteiger charge is -2.43. The number of allylic oxidation sites excluding steroid dienone is 1. The average molecular weight is 428 g/mol. The number of carbonyl (C=O) groups is 2. The summed E-state index contributed by atoms with van der Waals surface area (Å²) in [6.45, 7) is 10.5. The SMILES string of the molecule is C/C=C(\C)C(=O)O[C@@H]1[C@H](OC(=O)C(C)CC)c2c(ccc3ccc(=O)oc23)OC1(C)C. The lowest BCUT2D eigenvalue weighted by Crippen LogP contribution is -2.52. The van der Waals surface area contributed by atoms with Gasteiger partial charge in [0.1, 0.15) is 16.9 Å². The molecule has 0 bridgehead atoms. The third kappa shape index (κ3) is 4.36. The third-order valence-electron chi connectivity index (χ3n) is 5.65. The summed E-state index contributed by atoms with van der Waals surface area (Å²) in [7, 11) is 0. The largest absolute Gasteiger partial charge is 0.483 e. The van der Waals surface area contributed by atoms with Crippen LogP contribution < -0.4 is 10.4 Å². The van der Waals surface area contributed by atoms with E-state index in [0.29, 0.717) is 28.7 Å². The van der Waals surface area contributed by atoms with E-state index < -0.39 is 35.4 Å². The van der Waals surface area contributed by atoms with E-state index in [1.54, 1.807) is 58.9 Å². The van der Waals surface area contributed by atoms with Crippen LogP contribution in [0, 0.1) is 5.92 Å². The Hall–Kier alpha value is -3.09. The molecule has 166 valence electrons. The second kappa shape index (κ2) is 8.57. The first-order valence-corrected chi connectivity index (χ1v) is 10.4. The molecule has 2 aromatic rings. The fourth-order valence-electron chi connectivity index (χ4n) is 3.41. The second-order valence-electron chi connectivity index (χ2n) is 8.32. The molecule has 1 aliphatic rings. The van der Waals surface area contributed by atoms with Gasteiger partial charge in [0, 0.05) is 17.0 Å². The zero-order valence-corrected chi connectivity index (χ0v) is 18.7. The van der Waals surface area contributed by atoms with Gasteiger partial charge in [0.05, 0.1) is 11.5 Å². The molecule has 0 spiro atoms. The standard InChI is InChI=1S/C24H28O7/c1-7-13(3)22(26)29-20-18-16(11-9-15-10-12-17(25)28-19(15)18)31-24(5,6)21(20)30-23(27)14(4)8-2/h8-13,20-21H,7H2,1-6H3/b14-8+/t13?,20-,21-/m1/s1. The molecule has 0 saturated carbocycles. The van der Waals surface area contributed by atoms with E-state index in [1.807, 2.05) is 6.92 Å². The van der Waals surface area contributed by atoms with Crippen molar-refractivity contribution in [1.29, 1.82) is 0 Å². The molecule has 0 N–H and O–H groups in total. The smallest absolute Gasteiger partial charge is 0.336 e. The number of esters is 2. The van der Waals surface area contributed by atoms with Gasteiger partial charge in [-0.05, 0) is 52.3 Å². The van der Waals surface area contributed by atoms with E-state index in [2.05, 4.69) is 0 Å². The first-order valence-electron chi connectivity index (χ1n) is 10.4. The Morgan fingerprint density at radius 1 is 1.19 bits per heavy atom. The molecule has 7 nitrogen and oxygen atoms in total. The molecule has 0 aliphatic carbocycles. The van der Waals surface area contributed by atoms with Crippen LogP contribution in [-0.4, -0.2) is 23.6 Å². The van der Waals surface area contributed by atoms with Crippen LogP contribution in [0.4, 0.5) is 0 Å². The van der Waals surface area contributed by atoms with Crippen molar-refractivity contribution < 1.29 is 28.2 Å². The lowest BCUT2D eigenvalue weighted by atomic mass is 9.87. The highest BCUT2D eigenvalue weighted by atomic mass is 16.6. The number of carbonyl (C=O) groups excluding carboxylic acids is 2. The highest BCUT2D eigenvalue weighted by Crippen LogP contribution is 2.46. The Bertz CT molecular complexity index is 1090. The molecule has 3 rings (SSSR count). The van der Waals surface area contributed by atoms with E-state index in [4.69, 9.17) is 18.6 Å². The summed E-state index contributed by atoms with van der Waals surface area (Å²) in [4.78, 5) is 37.4. The third-order valence-corrected chi connectivity index (χ3v) is 5.65. The van der Waals surface area contributed by atoms with E-state index in [-0.39, 0.29) is 11.5 Å². The van der Waals surface area contributed by atoms with Crippen molar-refractivity contribution in [1.82, 2.24) is 0 Å². The van der Waals surface area contributed by atoms with E-state index in [1.165, 1.54) is 6.07 Å². The molecule has 0 radical (unpaired) electrons. The minimum atomic E-state index is -1.01. The van der Waals surface area contributed by atoms with Crippen LogP contribution in [0.3, 0.4) is 0 Å². The molecule has 1 aliphatic heterocycles. The fourth-order valence-corrected chi connectivity index (χ4v) is 3.41. The number of rotatable bonds is 5. The maximum atomic E-state index is 12.8. The van der Waals surface area contributed by atoms with Crippen LogP contribution in [0.25, 0.3) is 11.0 Å². The Morgan fingerprint density at radius 2 is 1.87 bits per heavy atom. The quantitative estimate of drug-likeness (QED) is 0.394. The number of ether oxygens (including phenoxy) is 3. The van der Waals surface area contributed by atoms with Crippen molar-refractivity contribution in [2.45, 2.75) is 65.8 Å². The van der Waals surface area contributed by atoms with Crippen LogP contribution in [0.2, 0.25) is 0 Å². The summed E-state index contributed by atoms with van der Waals surface area (Å²) < 4.78 is 23.3. The van der Waals surface area contributed by atoms with Crippen LogP contribution in [0.1, 0.15) is 59.6 Å². The Balaban J connectivity index is 2.21.